The summed E-state index contributed by atoms with van der Waals surface area (Å²) in [5.74, 6) is 0.915. The highest BCUT2D eigenvalue weighted by Gasteiger charge is 2.27. The second kappa shape index (κ2) is 0.904. The summed E-state index contributed by atoms with van der Waals surface area (Å²) in [6, 6.07) is 0. The standard InChI is InChI=1S/C4H8S/c1-3-2-4(3)5/h3-5H,2H2,1H3. The van der Waals surface area contributed by atoms with Crippen molar-refractivity contribution in [3.05, 3.63) is 0 Å². The van der Waals surface area contributed by atoms with E-state index in [4.69, 9.17) is 0 Å². The molecule has 0 amide bonds. The molecule has 0 aromatic rings. The monoisotopic (exact) mass is 88.0 g/mol. The van der Waals surface area contributed by atoms with Gasteiger partial charge in [0.2, 0.25) is 0 Å². The lowest BCUT2D eigenvalue weighted by molar-refractivity contribution is 0.989. The van der Waals surface area contributed by atoms with Gasteiger partial charge in [0.25, 0.3) is 0 Å². The molecular formula is C4H8S. The molecule has 30 valence electrons. The van der Waals surface area contributed by atoms with E-state index >= 15 is 0 Å². The Hall–Kier alpha value is 0.350. The smallest absolute Gasteiger partial charge is 0.00457 e. The molecule has 1 aliphatic rings. The quantitative estimate of drug-likeness (QED) is 0.424. The van der Waals surface area contributed by atoms with Crippen LogP contribution in [-0.2, 0) is 0 Å². The zero-order valence-electron chi connectivity index (χ0n) is 3.31. The van der Waals surface area contributed by atoms with Crippen LogP contribution in [0.4, 0.5) is 0 Å². The van der Waals surface area contributed by atoms with Gasteiger partial charge in [-0.3, -0.25) is 0 Å². The Kier molecular flexibility index (Phi) is 0.639. The Morgan fingerprint density at radius 1 is 1.80 bits per heavy atom. The average Bonchev–Trinajstić information content (AvgIpc) is 1.79. The lowest BCUT2D eigenvalue weighted by Gasteiger charge is -1.66. The number of hydrogen-bond donors (Lipinski definition) is 1. The molecule has 0 aromatic heterocycles. The van der Waals surface area contributed by atoms with E-state index in [1.54, 1.807) is 0 Å². The van der Waals surface area contributed by atoms with Crippen LogP contribution in [0, 0.1) is 5.92 Å². The number of thiol groups is 1. The van der Waals surface area contributed by atoms with Crippen LogP contribution in [0.5, 0.6) is 0 Å². The van der Waals surface area contributed by atoms with E-state index in [0.29, 0.717) is 0 Å². The molecule has 1 saturated carbocycles. The van der Waals surface area contributed by atoms with E-state index < -0.39 is 0 Å². The zero-order valence-corrected chi connectivity index (χ0v) is 4.20. The molecule has 5 heavy (non-hydrogen) atoms. The molecule has 1 fully saturated rings. The molecule has 0 radical (unpaired) electrons. The van der Waals surface area contributed by atoms with E-state index in [9.17, 15) is 0 Å². The first-order chi connectivity index (χ1) is 2.30. The Morgan fingerprint density at radius 3 is 2.00 bits per heavy atom. The summed E-state index contributed by atoms with van der Waals surface area (Å²) < 4.78 is 0. The summed E-state index contributed by atoms with van der Waals surface area (Å²) in [4.78, 5) is 0. The van der Waals surface area contributed by atoms with Gasteiger partial charge in [0.05, 0.1) is 0 Å². The average molecular weight is 88.2 g/mol. The first-order valence-electron chi connectivity index (χ1n) is 1.99. The van der Waals surface area contributed by atoms with Crippen LogP contribution >= 0.6 is 12.6 Å². The van der Waals surface area contributed by atoms with Crippen molar-refractivity contribution in [3.63, 3.8) is 0 Å². The maximum Gasteiger partial charge on any atom is 0.00457 e. The minimum Gasteiger partial charge on any atom is -0.176 e. The van der Waals surface area contributed by atoms with Gasteiger partial charge in [0.15, 0.2) is 0 Å². The molecule has 0 heterocycles. The molecular weight excluding hydrogens is 80.1 g/mol. The predicted octanol–water partition coefficient (Wildman–Crippen LogP) is 1.32. The summed E-state index contributed by atoms with van der Waals surface area (Å²) in [5, 5.41) is 0.745. The predicted molar refractivity (Wildman–Crippen MR) is 26.6 cm³/mol. The second-order valence-corrected chi connectivity index (χ2v) is 2.44. The fourth-order valence-electron chi connectivity index (χ4n) is 0.302. The summed E-state index contributed by atoms with van der Waals surface area (Å²) in [6.45, 7) is 2.22. The Morgan fingerprint density at radius 2 is 2.00 bits per heavy atom. The van der Waals surface area contributed by atoms with Crippen LogP contribution < -0.4 is 0 Å². The summed E-state index contributed by atoms with van der Waals surface area (Å²) in [6.07, 6.45) is 1.34. The molecule has 0 aliphatic heterocycles. The van der Waals surface area contributed by atoms with Crippen molar-refractivity contribution >= 4 is 12.6 Å². The second-order valence-electron chi connectivity index (χ2n) is 1.78. The van der Waals surface area contributed by atoms with Gasteiger partial charge in [-0.2, -0.15) is 12.6 Å². The minimum absolute atomic E-state index is 0.745. The first kappa shape index (κ1) is 3.54. The van der Waals surface area contributed by atoms with Crippen molar-refractivity contribution < 1.29 is 0 Å². The summed E-state index contributed by atoms with van der Waals surface area (Å²) in [5.41, 5.74) is 0. The number of rotatable bonds is 0. The van der Waals surface area contributed by atoms with E-state index in [2.05, 4.69) is 19.6 Å². The van der Waals surface area contributed by atoms with E-state index in [-0.39, 0.29) is 0 Å². The van der Waals surface area contributed by atoms with Gasteiger partial charge in [-0.15, -0.1) is 0 Å². The van der Waals surface area contributed by atoms with Crippen LogP contribution in [0.25, 0.3) is 0 Å². The lowest BCUT2D eigenvalue weighted by atomic mass is 10.5. The van der Waals surface area contributed by atoms with Crippen LogP contribution in [0.3, 0.4) is 0 Å². The molecule has 1 heteroatoms. The lowest BCUT2D eigenvalue weighted by Crippen LogP contribution is -1.61. The van der Waals surface area contributed by atoms with Gasteiger partial charge < -0.3 is 0 Å². The molecule has 0 bridgehead atoms. The molecule has 0 nitrogen and oxygen atoms in total. The molecule has 0 N–H and O–H groups in total. The molecule has 1 rings (SSSR count). The summed E-state index contributed by atoms with van der Waals surface area (Å²) >= 11 is 4.17. The fraction of sp³-hybridized carbons (Fsp3) is 1.00. The fourth-order valence-corrected chi connectivity index (χ4v) is 0.635. The van der Waals surface area contributed by atoms with Crippen molar-refractivity contribution in [1.82, 2.24) is 0 Å². The van der Waals surface area contributed by atoms with Crippen LogP contribution in [-0.4, -0.2) is 5.25 Å². The Balaban J connectivity index is 2.20. The number of hydrogen-bond acceptors (Lipinski definition) is 1. The van der Waals surface area contributed by atoms with E-state index in [0.717, 1.165) is 11.2 Å². The van der Waals surface area contributed by atoms with E-state index in [1.807, 2.05) is 0 Å². The van der Waals surface area contributed by atoms with Crippen molar-refractivity contribution in [1.29, 1.82) is 0 Å². The van der Waals surface area contributed by atoms with Crippen LogP contribution in [0.1, 0.15) is 13.3 Å². The van der Waals surface area contributed by atoms with Gasteiger partial charge in [-0.05, 0) is 12.3 Å². The molecule has 0 aromatic carbocycles. The topological polar surface area (TPSA) is 0 Å². The zero-order chi connectivity index (χ0) is 3.86. The highest BCUT2D eigenvalue weighted by Crippen LogP contribution is 2.34. The van der Waals surface area contributed by atoms with Gasteiger partial charge in [0, 0.05) is 5.25 Å². The van der Waals surface area contributed by atoms with Crippen molar-refractivity contribution in [2.45, 2.75) is 18.6 Å². The van der Waals surface area contributed by atoms with Crippen molar-refractivity contribution in [3.8, 4) is 0 Å². The largest absolute Gasteiger partial charge is 0.176 e. The van der Waals surface area contributed by atoms with Crippen molar-refractivity contribution in [2.75, 3.05) is 0 Å². The molecule has 2 unspecified atom stereocenters. The third-order valence-corrected chi connectivity index (χ3v) is 1.79. The molecule has 2 atom stereocenters. The molecule has 1 aliphatic carbocycles. The van der Waals surface area contributed by atoms with Gasteiger partial charge in [0.1, 0.15) is 0 Å². The highest BCUT2D eigenvalue weighted by atomic mass is 32.1. The minimum atomic E-state index is 0.745. The third kappa shape index (κ3) is 0.596. The maximum atomic E-state index is 4.17. The van der Waals surface area contributed by atoms with Gasteiger partial charge >= 0.3 is 0 Å². The van der Waals surface area contributed by atoms with Gasteiger partial charge in [-0.25, -0.2) is 0 Å². The molecule has 0 saturated heterocycles. The Bertz CT molecular complexity index is 36.9. The Labute approximate surface area is 38.0 Å². The van der Waals surface area contributed by atoms with E-state index in [1.165, 1.54) is 6.42 Å². The van der Waals surface area contributed by atoms with Crippen LogP contribution in [0.15, 0.2) is 0 Å². The molecule has 0 spiro atoms. The van der Waals surface area contributed by atoms with Crippen LogP contribution in [0.2, 0.25) is 0 Å². The van der Waals surface area contributed by atoms with Crippen molar-refractivity contribution in [2.24, 2.45) is 5.92 Å². The first-order valence-corrected chi connectivity index (χ1v) is 2.50. The highest BCUT2D eigenvalue weighted by molar-refractivity contribution is 7.81. The maximum absolute atomic E-state index is 4.17. The third-order valence-electron chi connectivity index (χ3n) is 1.07. The SMILES string of the molecule is CC1CC1S. The summed E-state index contributed by atoms with van der Waals surface area (Å²) in [7, 11) is 0. The normalized spacial score (nSPS) is 49.2. The van der Waals surface area contributed by atoms with Gasteiger partial charge in [-0.1, -0.05) is 6.92 Å².